The molecule has 1 heterocycles. The molecule has 24 heavy (non-hydrogen) atoms. The number of Topliss-reactive ketones (excluding diaryl/α,β-unsaturated/α-hetero) is 1. The Morgan fingerprint density at radius 2 is 1.92 bits per heavy atom. The summed E-state index contributed by atoms with van der Waals surface area (Å²) in [5, 5.41) is 0.271. The lowest BCUT2D eigenvalue weighted by atomic mass is 10.1. The molecule has 0 amide bonds. The van der Waals surface area contributed by atoms with Crippen molar-refractivity contribution in [2.75, 3.05) is 19.5 Å². The van der Waals surface area contributed by atoms with E-state index >= 15 is 0 Å². The lowest BCUT2D eigenvalue weighted by Gasteiger charge is -2.38. The zero-order valence-electron chi connectivity index (χ0n) is 13.3. The minimum absolute atomic E-state index is 0.0509. The monoisotopic (exact) mass is 360 g/mol. The van der Waals surface area contributed by atoms with Gasteiger partial charge in [-0.3, -0.25) is 4.79 Å². The molecule has 0 radical (unpaired) electrons. The molecule has 4 nitrogen and oxygen atoms in total. The van der Waals surface area contributed by atoms with Crippen LogP contribution in [0.5, 0.6) is 0 Å². The van der Waals surface area contributed by atoms with Crippen LogP contribution < -0.4 is 0 Å². The lowest BCUT2D eigenvalue weighted by molar-refractivity contribution is -0.927. The highest BCUT2D eigenvalue weighted by atomic mass is 35.5. The van der Waals surface area contributed by atoms with Crippen molar-refractivity contribution in [3.05, 3.63) is 47.3 Å². The molecule has 1 aromatic rings. The summed E-state index contributed by atoms with van der Waals surface area (Å²) in [5.41, 5.74) is 0.723. The fourth-order valence-electron chi connectivity index (χ4n) is 2.79. The lowest BCUT2D eigenvalue weighted by Crippen LogP contribution is -2.61. The van der Waals surface area contributed by atoms with E-state index < -0.39 is 23.2 Å². The minimum atomic E-state index is -4.61. The zero-order valence-corrected chi connectivity index (χ0v) is 14.1. The maximum atomic E-state index is 13.4. The number of carbonyl (C=O) groups excluding carboxylic acids is 1. The van der Waals surface area contributed by atoms with Crippen molar-refractivity contribution in [1.29, 1.82) is 0 Å². The van der Waals surface area contributed by atoms with E-state index in [1.165, 1.54) is 7.05 Å². The van der Waals surface area contributed by atoms with Gasteiger partial charge < -0.3 is 0 Å². The number of alkyl halides is 4. The van der Waals surface area contributed by atoms with Crippen molar-refractivity contribution < 1.29 is 22.6 Å². The molecule has 1 unspecified atom stereocenters. The maximum Gasteiger partial charge on any atom is 0.504 e. The number of benzene rings is 1. The third-order valence-electron chi connectivity index (χ3n) is 3.91. The van der Waals surface area contributed by atoms with E-state index in [2.05, 4.69) is 4.99 Å². The Morgan fingerprint density at radius 3 is 2.42 bits per heavy atom. The fourth-order valence-corrected chi connectivity index (χ4v) is 2.95. The van der Waals surface area contributed by atoms with Gasteiger partial charge in [-0.05, 0) is 5.01 Å². The molecule has 8 heteroatoms. The van der Waals surface area contributed by atoms with Crippen LogP contribution >= 0.6 is 11.6 Å². The van der Waals surface area contributed by atoms with Crippen LogP contribution in [0, 0.1) is 0 Å². The van der Waals surface area contributed by atoms with E-state index in [1.807, 2.05) is 0 Å². The Bertz CT molecular complexity index is 673. The first-order valence-corrected chi connectivity index (χ1v) is 7.94. The minimum Gasteiger partial charge on any atom is -0.287 e. The normalized spacial score (nSPS) is 21.0. The largest absolute Gasteiger partial charge is 0.504 e. The van der Waals surface area contributed by atoms with Gasteiger partial charge in [0.1, 0.15) is 0 Å². The van der Waals surface area contributed by atoms with Gasteiger partial charge in [0.25, 0.3) is 0 Å². The first kappa shape index (κ1) is 18.6. The summed E-state index contributed by atoms with van der Waals surface area (Å²) in [6.45, 7) is 1.29. The van der Waals surface area contributed by atoms with E-state index in [9.17, 15) is 18.0 Å². The third kappa shape index (κ3) is 3.38. The highest BCUT2D eigenvalue weighted by Gasteiger charge is 2.54. The Hall–Kier alpha value is -1.70. The molecule has 0 aromatic heterocycles. The van der Waals surface area contributed by atoms with Gasteiger partial charge in [0.05, 0.1) is 13.6 Å². The Kier molecular flexibility index (Phi) is 5.47. The molecular weight excluding hydrogens is 343 g/mol. The Labute approximate surface area is 143 Å². The quantitative estimate of drug-likeness (QED) is 0.333. The Balaban J connectivity index is 2.49. The molecule has 1 aromatic carbocycles. The predicted octanol–water partition coefficient (Wildman–Crippen LogP) is 3.96. The standard InChI is InChI=1S/C16H18ClF3N3O/c1-3-13-14(15(24)12-7-5-4-6-8-12)21-11-23(13,2)22(10-9-17)16(18,19)20/h4-8,11H,3,9-10H2,1-2H3/q+1. The SMILES string of the molecule is CCC1=C(C(=O)c2ccccc2)N=C[N+]1(C)N(CCCl)C(F)(F)F. The summed E-state index contributed by atoms with van der Waals surface area (Å²) >= 11 is 5.55. The van der Waals surface area contributed by atoms with Crippen LogP contribution in [0.25, 0.3) is 0 Å². The molecule has 1 aliphatic rings. The van der Waals surface area contributed by atoms with Gasteiger partial charge in [-0.25, -0.2) is 0 Å². The van der Waals surface area contributed by atoms with Crippen molar-refractivity contribution in [3.63, 3.8) is 0 Å². The van der Waals surface area contributed by atoms with E-state index in [4.69, 9.17) is 11.6 Å². The molecule has 0 bridgehead atoms. The fraction of sp³-hybridized carbons (Fsp3) is 0.375. The van der Waals surface area contributed by atoms with Gasteiger partial charge >= 0.3 is 6.30 Å². The molecule has 130 valence electrons. The van der Waals surface area contributed by atoms with Crippen LogP contribution in [-0.2, 0) is 0 Å². The van der Waals surface area contributed by atoms with Crippen molar-refractivity contribution >= 4 is 23.7 Å². The molecule has 0 aliphatic carbocycles. The van der Waals surface area contributed by atoms with E-state index in [-0.39, 0.29) is 28.7 Å². The van der Waals surface area contributed by atoms with Crippen molar-refractivity contribution in [3.8, 4) is 0 Å². The molecule has 0 N–H and O–H groups in total. The molecule has 1 aliphatic heterocycles. The summed E-state index contributed by atoms with van der Waals surface area (Å²) in [4.78, 5) is 16.7. The number of halogens is 4. The second-order valence-corrected chi connectivity index (χ2v) is 5.77. The van der Waals surface area contributed by atoms with Gasteiger partial charge in [-0.15, -0.1) is 11.6 Å². The van der Waals surface area contributed by atoms with Gasteiger partial charge in [-0.1, -0.05) is 37.3 Å². The number of hydrogen-bond acceptors (Lipinski definition) is 3. The summed E-state index contributed by atoms with van der Waals surface area (Å²) < 4.78 is 39.6. The van der Waals surface area contributed by atoms with Crippen molar-refractivity contribution in [2.45, 2.75) is 19.6 Å². The van der Waals surface area contributed by atoms with Gasteiger partial charge in [-0.2, -0.15) is 22.8 Å². The summed E-state index contributed by atoms with van der Waals surface area (Å²) in [6, 6.07) is 8.38. The molecule has 0 spiro atoms. The van der Waals surface area contributed by atoms with Crippen molar-refractivity contribution in [2.24, 2.45) is 4.99 Å². The molecular formula is C16H18ClF3N3O+. The summed E-state index contributed by atoms with van der Waals surface area (Å²) in [7, 11) is 1.35. The smallest absolute Gasteiger partial charge is 0.287 e. The van der Waals surface area contributed by atoms with Gasteiger partial charge in [0, 0.05) is 17.9 Å². The van der Waals surface area contributed by atoms with E-state index in [1.54, 1.807) is 37.3 Å². The van der Waals surface area contributed by atoms with Crippen molar-refractivity contribution in [1.82, 2.24) is 5.01 Å². The number of ketones is 1. The molecule has 1 atom stereocenters. The highest BCUT2D eigenvalue weighted by molar-refractivity contribution is 6.18. The van der Waals surface area contributed by atoms with Crippen LogP contribution in [0.1, 0.15) is 23.7 Å². The molecule has 0 fully saturated rings. The number of rotatable bonds is 6. The number of allylic oxidation sites excluding steroid dienone is 2. The number of aliphatic imine (C=N–C) groups is 1. The number of nitrogens with zero attached hydrogens (tertiary/aromatic N) is 3. The first-order valence-electron chi connectivity index (χ1n) is 7.41. The number of carbonyl (C=O) groups is 1. The van der Waals surface area contributed by atoms with Crippen LogP contribution in [0.3, 0.4) is 0 Å². The topological polar surface area (TPSA) is 32.7 Å². The zero-order chi connectivity index (χ0) is 18.0. The molecule has 2 rings (SSSR count). The van der Waals surface area contributed by atoms with E-state index in [0.29, 0.717) is 5.56 Å². The van der Waals surface area contributed by atoms with Crippen LogP contribution in [0.2, 0.25) is 0 Å². The predicted molar refractivity (Wildman–Crippen MR) is 86.2 cm³/mol. The maximum absolute atomic E-state index is 13.4. The third-order valence-corrected chi connectivity index (χ3v) is 4.08. The highest BCUT2D eigenvalue weighted by Crippen LogP contribution is 2.36. The van der Waals surface area contributed by atoms with Gasteiger partial charge in [0.2, 0.25) is 12.1 Å². The second kappa shape index (κ2) is 7.04. The molecule has 0 saturated carbocycles. The molecule has 0 saturated heterocycles. The Morgan fingerprint density at radius 1 is 1.29 bits per heavy atom. The average molecular weight is 361 g/mol. The average Bonchev–Trinajstić information content (AvgIpc) is 2.88. The second-order valence-electron chi connectivity index (χ2n) is 5.39. The number of quaternary nitrogens is 1. The van der Waals surface area contributed by atoms with E-state index in [0.717, 1.165) is 6.34 Å². The summed E-state index contributed by atoms with van der Waals surface area (Å²) in [6.07, 6.45) is -3.23. The summed E-state index contributed by atoms with van der Waals surface area (Å²) in [5.74, 6) is -0.585. The van der Waals surface area contributed by atoms with Crippen LogP contribution in [0.15, 0.2) is 46.7 Å². The van der Waals surface area contributed by atoms with Crippen LogP contribution in [0.4, 0.5) is 13.2 Å². The number of hydrogen-bond donors (Lipinski definition) is 0. The van der Waals surface area contributed by atoms with Crippen LogP contribution in [-0.4, -0.2) is 47.5 Å². The first-order chi connectivity index (χ1) is 11.3. The van der Waals surface area contributed by atoms with Gasteiger partial charge in [0.15, 0.2) is 11.4 Å².